The van der Waals surface area contributed by atoms with E-state index in [9.17, 15) is 4.79 Å². The molecule has 6 nitrogen and oxygen atoms in total. The van der Waals surface area contributed by atoms with Crippen LogP contribution in [0.3, 0.4) is 0 Å². The summed E-state index contributed by atoms with van der Waals surface area (Å²) in [6.45, 7) is 3.21. The maximum Gasteiger partial charge on any atom is 0.253 e. The van der Waals surface area contributed by atoms with E-state index in [1.807, 2.05) is 48.2 Å². The maximum atomic E-state index is 12.6. The van der Waals surface area contributed by atoms with Gasteiger partial charge in [-0.3, -0.25) is 4.79 Å². The molecule has 0 unspecified atom stereocenters. The quantitative estimate of drug-likeness (QED) is 0.662. The van der Waals surface area contributed by atoms with E-state index < -0.39 is 0 Å². The molecule has 0 saturated carbocycles. The van der Waals surface area contributed by atoms with Crippen molar-refractivity contribution in [3.05, 3.63) is 69.5 Å². The van der Waals surface area contributed by atoms with Gasteiger partial charge in [0.1, 0.15) is 0 Å². The highest BCUT2D eigenvalue weighted by molar-refractivity contribution is 7.80. The summed E-state index contributed by atoms with van der Waals surface area (Å²) >= 11 is 5.48. The second kappa shape index (κ2) is 7.52. The Labute approximate surface area is 168 Å². The molecule has 7 heteroatoms. The molecule has 0 atom stereocenters. The molecular formula is C21H21N3O3S. The lowest BCUT2D eigenvalue weighted by atomic mass is 10.1. The zero-order valence-corrected chi connectivity index (χ0v) is 16.6. The second-order valence-corrected chi connectivity index (χ2v) is 7.20. The maximum absolute atomic E-state index is 12.6. The highest BCUT2D eigenvalue weighted by Gasteiger charge is 2.17. The first-order chi connectivity index (χ1) is 13.5. The van der Waals surface area contributed by atoms with E-state index in [4.69, 9.17) is 21.7 Å². The minimum Gasteiger partial charge on any atom is -0.454 e. The van der Waals surface area contributed by atoms with E-state index in [1.165, 1.54) is 0 Å². The molecule has 0 spiro atoms. The molecular weight excluding hydrogens is 374 g/mol. The van der Waals surface area contributed by atoms with Crippen LogP contribution in [0.15, 0.2) is 47.3 Å². The Morgan fingerprint density at radius 2 is 1.96 bits per heavy atom. The predicted molar refractivity (Wildman–Crippen MR) is 113 cm³/mol. The topological polar surface area (TPSA) is 66.6 Å². The molecule has 2 heterocycles. The van der Waals surface area contributed by atoms with Gasteiger partial charge in [0.2, 0.25) is 6.79 Å². The van der Waals surface area contributed by atoms with Gasteiger partial charge in [-0.2, -0.15) is 0 Å². The fraction of sp³-hybridized carbons (Fsp3) is 0.238. The lowest BCUT2D eigenvalue weighted by molar-refractivity contribution is 0.174. The van der Waals surface area contributed by atoms with E-state index in [2.05, 4.69) is 16.4 Å². The Kier molecular flexibility index (Phi) is 4.92. The molecule has 0 radical (unpaired) electrons. The summed E-state index contributed by atoms with van der Waals surface area (Å²) in [6, 6.07) is 13.7. The first kappa shape index (κ1) is 18.3. The number of ether oxygens (including phenoxy) is 2. The third kappa shape index (κ3) is 3.66. The molecule has 28 heavy (non-hydrogen) atoms. The van der Waals surface area contributed by atoms with Gasteiger partial charge in [0, 0.05) is 24.7 Å². The van der Waals surface area contributed by atoms with Gasteiger partial charge >= 0.3 is 0 Å². The number of fused-ring (bicyclic) bond motifs is 2. The van der Waals surface area contributed by atoms with Crippen LogP contribution in [0.2, 0.25) is 0 Å². The van der Waals surface area contributed by atoms with Crippen LogP contribution in [0.25, 0.3) is 10.9 Å². The molecule has 2 N–H and O–H groups in total. The Morgan fingerprint density at radius 3 is 2.79 bits per heavy atom. The number of thiocarbonyl (C=S) groups is 1. The summed E-state index contributed by atoms with van der Waals surface area (Å²) in [6.07, 6.45) is 0. The number of rotatable bonds is 4. The van der Waals surface area contributed by atoms with Gasteiger partial charge in [-0.25, -0.2) is 0 Å². The molecule has 0 bridgehead atoms. The first-order valence-corrected chi connectivity index (χ1v) is 9.42. The lowest BCUT2D eigenvalue weighted by Crippen LogP contribution is -2.38. The largest absolute Gasteiger partial charge is 0.454 e. The van der Waals surface area contributed by atoms with Crippen LogP contribution < -0.4 is 20.3 Å². The molecule has 0 saturated heterocycles. The van der Waals surface area contributed by atoms with Crippen molar-refractivity contribution < 1.29 is 9.47 Å². The Bertz CT molecular complexity index is 1110. The Morgan fingerprint density at radius 1 is 1.14 bits per heavy atom. The van der Waals surface area contributed by atoms with Crippen LogP contribution in [0.1, 0.15) is 16.7 Å². The van der Waals surface area contributed by atoms with Crippen molar-refractivity contribution in [3.63, 3.8) is 0 Å². The van der Waals surface area contributed by atoms with E-state index in [0.29, 0.717) is 23.8 Å². The summed E-state index contributed by atoms with van der Waals surface area (Å²) in [5, 5.41) is 4.59. The van der Waals surface area contributed by atoms with Gasteiger partial charge in [0.25, 0.3) is 5.56 Å². The van der Waals surface area contributed by atoms with E-state index in [-0.39, 0.29) is 12.4 Å². The van der Waals surface area contributed by atoms with Gasteiger partial charge in [0.05, 0.1) is 6.54 Å². The Hall–Kier alpha value is -3.06. The summed E-state index contributed by atoms with van der Waals surface area (Å²) in [4.78, 5) is 17.5. The molecule has 3 aromatic rings. The van der Waals surface area contributed by atoms with Crippen molar-refractivity contribution in [1.29, 1.82) is 0 Å². The number of hydrogen-bond donors (Lipinski definition) is 2. The monoisotopic (exact) mass is 395 g/mol. The summed E-state index contributed by atoms with van der Waals surface area (Å²) < 4.78 is 10.8. The van der Waals surface area contributed by atoms with Crippen molar-refractivity contribution in [2.45, 2.75) is 20.0 Å². The second-order valence-electron chi connectivity index (χ2n) is 6.81. The standard InChI is InChI=1S/C21H21N3O3S/c1-13-3-5-17-15(7-13)9-16(20(25)23-17)11-24(21(28)22-2)10-14-4-6-18-19(8-14)27-12-26-18/h3-9H,10-12H2,1-2H3,(H,22,28)(H,23,25). The van der Waals surface area contributed by atoms with Crippen LogP contribution in [0.5, 0.6) is 11.5 Å². The van der Waals surface area contributed by atoms with E-state index >= 15 is 0 Å². The molecule has 1 aliphatic rings. The van der Waals surface area contributed by atoms with Crippen molar-refractivity contribution in [1.82, 2.24) is 15.2 Å². The van der Waals surface area contributed by atoms with Gasteiger partial charge < -0.3 is 24.7 Å². The van der Waals surface area contributed by atoms with Crippen molar-refractivity contribution in [2.24, 2.45) is 0 Å². The van der Waals surface area contributed by atoms with Crippen LogP contribution in [0, 0.1) is 6.92 Å². The average molecular weight is 395 g/mol. The molecule has 1 aromatic heterocycles. The highest BCUT2D eigenvalue weighted by Crippen LogP contribution is 2.32. The number of nitrogens with zero attached hydrogens (tertiary/aromatic N) is 1. The van der Waals surface area contributed by atoms with Crippen LogP contribution in [-0.2, 0) is 13.1 Å². The minimum absolute atomic E-state index is 0.106. The summed E-state index contributed by atoms with van der Waals surface area (Å²) in [5.74, 6) is 1.47. The average Bonchev–Trinajstić information content (AvgIpc) is 3.15. The number of aromatic nitrogens is 1. The SMILES string of the molecule is CNC(=S)N(Cc1ccc2c(c1)OCO2)Cc1cc2cc(C)ccc2[nH]c1=O. The number of aromatic amines is 1. The highest BCUT2D eigenvalue weighted by atomic mass is 32.1. The fourth-order valence-corrected chi connectivity index (χ4v) is 3.44. The molecule has 0 amide bonds. The number of nitrogens with one attached hydrogen (secondary N) is 2. The smallest absolute Gasteiger partial charge is 0.253 e. The number of pyridine rings is 1. The van der Waals surface area contributed by atoms with Gasteiger partial charge in [-0.1, -0.05) is 17.7 Å². The molecule has 2 aromatic carbocycles. The zero-order valence-electron chi connectivity index (χ0n) is 15.7. The third-order valence-corrected chi connectivity index (χ3v) is 5.21. The van der Waals surface area contributed by atoms with Crippen molar-refractivity contribution >= 4 is 28.2 Å². The number of benzene rings is 2. The van der Waals surface area contributed by atoms with E-state index in [0.717, 1.165) is 33.5 Å². The molecule has 4 rings (SSSR count). The first-order valence-electron chi connectivity index (χ1n) is 9.01. The summed E-state index contributed by atoms with van der Waals surface area (Å²) in [5.41, 5.74) is 3.56. The Balaban J connectivity index is 1.63. The molecule has 0 fully saturated rings. The lowest BCUT2D eigenvalue weighted by Gasteiger charge is -2.25. The number of H-pyrrole nitrogens is 1. The van der Waals surface area contributed by atoms with Gasteiger partial charge in [0.15, 0.2) is 16.6 Å². The van der Waals surface area contributed by atoms with Crippen molar-refractivity contribution in [3.8, 4) is 11.5 Å². The zero-order chi connectivity index (χ0) is 19.7. The third-order valence-electron chi connectivity index (χ3n) is 4.75. The molecule has 1 aliphatic heterocycles. The number of hydrogen-bond acceptors (Lipinski definition) is 4. The van der Waals surface area contributed by atoms with Crippen molar-refractivity contribution in [2.75, 3.05) is 13.8 Å². The van der Waals surface area contributed by atoms with E-state index in [1.54, 1.807) is 7.05 Å². The van der Waals surface area contributed by atoms with Gasteiger partial charge in [-0.05, 0) is 60.4 Å². The molecule has 0 aliphatic carbocycles. The normalized spacial score (nSPS) is 12.2. The van der Waals surface area contributed by atoms with Crippen LogP contribution in [-0.4, -0.2) is 28.8 Å². The molecule has 144 valence electrons. The number of aryl methyl sites for hydroxylation is 1. The van der Waals surface area contributed by atoms with Gasteiger partial charge in [-0.15, -0.1) is 0 Å². The fourth-order valence-electron chi connectivity index (χ4n) is 3.31. The van der Waals surface area contributed by atoms with Crippen LogP contribution >= 0.6 is 12.2 Å². The summed E-state index contributed by atoms with van der Waals surface area (Å²) in [7, 11) is 1.78. The predicted octanol–water partition coefficient (Wildman–Crippen LogP) is 3.07. The minimum atomic E-state index is -0.106. The van der Waals surface area contributed by atoms with Crippen LogP contribution in [0.4, 0.5) is 0 Å².